The predicted molar refractivity (Wildman–Crippen MR) is 149 cm³/mol. The number of anilines is 1. The molecule has 1 aliphatic heterocycles. The second kappa shape index (κ2) is 11.1. The highest BCUT2D eigenvalue weighted by atomic mass is 16.5. The van der Waals surface area contributed by atoms with Gasteiger partial charge < -0.3 is 24.3 Å². The molecule has 1 N–H and O–H groups in total. The summed E-state index contributed by atoms with van der Waals surface area (Å²) >= 11 is 0. The predicted octanol–water partition coefficient (Wildman–Crippen LogP) is 6.88. The topological polar surface area (TPSA) is 66.0 Å². The Labute approximate surface area is 222 Å². The minimum Gasteiger partial charge on any atom is -0.496 e. The van der Waals surface area contributed by atoms with Crippen LogP contribution in [0.3, 0.4) is 0 Å². The maximum Gasteiger partial charge on any atom is 0.221 e. The molecule has 0 radical (unpaired) electrons. The number of hydrogen-bond acceptors (Lipinski definition) is 5. The zero-order valence-electron chi connectivity index (χ0n) is 21.6. The first-order valence-corrected chi connectivity index (χ1v) is 12.4. The molecule has 0 saturated carbocycles. The number of hydrogen-bond donors (Lipinski definition) is 1. The fraction of sp³-hybridized carbons (Fsp3) is 0.156. The first-order valence-electron chi connectivity index (χ1n) is 12.4. The van der Waals surface area contributed by atoms with Crippen LogP contribution in [0.25, 0.3) is 16.9 Å². The lowest BCUT2D eigenvalue weighted by Gasteiger charge is -2.25. The number of benzene rings is 4. The lowest BCUT2D eigenvalue weighted by Crippen LogP contribution is -2.08. The third-order valence-corrected chi connectivity index (χ3v) is 6.33. The molecule has 192 valence electrons. The summed E-state index contributed by atoms with van der Waals surface area (Å²) in [5, 5.41) is 2.80. The molecule has 4 aromatic carbocycles. The summed E-state index contributed by atoms with van der Waals surface area (Å²) in [6.07, 6.45) is 2.70. The normalized spacial score (nSPS) is 12.0. The third kappa shape index (κ3) is 5.34. The van der Waals surface area contributed by atoms with Crippen molar-refractivity contribution in [1.29, 1.82) is 0 Å². The minimum atomic E-state index is -0.119. The molecule has 0 fully saturated rings. The van der Waals surface area contributed by atoms with Crippen LogP contribution >= 0.6 is 0 Å². The molecular formula is C32H29NO5. The number of allylic oxidation sites excluding steroid dienone is 1. The Morgan fingerprint density at radius 1 is 0.868 bits per heavy atom. The van der Waals surface area contributed by atoms with Gasteiger partial charge in [-0.2, -0.15) is 0 Å². The van der Waals surface area contributed by atoms with E-state index in [1.807, 2.05) is 84.9 Å². The SMILES string of the molecule is COc1cc(OC)c(-c2ccc(NC(C)=O)cc2)c2c1CC=C(c1ccc(OCc3ccccc3)cc1)O2. The van der Waals surface area contributed by atoms with E-state index in [0.717, 1.165) is 45.0 Å². The number of carbonyl (C=O) groups excluding carboxylic acids is 1. The first kappa shape index (κ1) is 25.0. The van der Waals surface area contributed by atoms with Crippen molar-refractivity contribution in [2.24, 2.45) is 0 Å². The third-order valence-electron chi connectivity index (χ3n) is 6.33. The van der Waals surface area contributed by atoms with Crippen LogP contribution in [-0.2, 0) is 17.8 Å². The molecule has 0 aromatic heterocycles. The summed E-state index contributed by atoms with van der Waals surface area (Å²) in [6.45, 7) is 2.00. The zero-order chi connectivity index (χ0) is 26.5. The second-order valence-electron chi connectivity index (χ2n) is 8.90. The van der Waals surface area contributed by atoms with E-state index in [9.17, 15) is 4.79 Å². The average molecular weight is 508 g/mol. The largest absolute Gasteiger partial charge is 0.496 e. The van der Waals surface area contributed by atoms with Gasteiger partial charge in [0.15, 0.2) is 0 Å². The lowest BCUT2D eigenvalue weighted by atomic mass is 9.95. The van der Waals surface area contributed by atoms with Crippen molar-refractivity contribution in [1.82, 2.24) is 0 Å². The molecule has 0 spiro atoms. The van der Waals surface area contributed by atoms with Gasteiger partial charge in [-0.05, 0) is 53.6 Å². The molecule has 0 unspecified atom stereocenters. The Bertz CT molecular complexity index is 1460. The molecule has 6 nitrogen and oxygen atoms in total. The molecule has 6 heteroatoms. The quantitative estimate of drug-likeness (QED) is 0.281. The van der Waals surface area contributed by atoms with Gasteiger partial charge >= 0.3 is 0 Å². The maximum absolute atomic E-state index is 11.4. The summed E-state index contributed by atoms with van der Waals surface area (Å²) in [5.41, 5.74) is 5.45. The summed E-state index contributed by atoms with van der Waals surface area (Å²) in [6, 6.07) is 27.5. The van der Waals surface area contributed by atoms with Gasteiger partial charge in [0.2, 0.25) is 5.91 Å². The molecule has 4 aromatic rings. The van der Waals surface area contributed by atoms with Gasteiger partial charge in [-0.15, -0.1) is 0 Å². The van der Waals surface area contributed by atoms with E-state index >= 15 is 0 Å². The van der Waals surface area contributed by atoms with Crippen molar-refractivity contribution in [2.75, 3.05) is 19.5 Å². The van der Waals surface area contributed by atoms with Crippen molar-refractivity contribution in [2.45, 2.75) is 20.0 Å². The fourth-order valence-corrected chi connectivity index (χ4v) is 4.48. The number of amides is 1. The molecule has 1 aliphatic rings. The number of rotatable bonds is 8. The molecule has 0 saturated heterocycles. The molecule has 0 aliphatic carbocycles. The van der Waals surface area contributed by atoms with Crippen LogP contribution in [0.15, 0.2) is 91.0 Å². The van der Waals surface area contributed by atoms with Crippen LogP contribution in [-0.4, -0.2) is 20.1 Å². The van der Waals surface area contributed by atoms with Crippen molar-refractivity contribution in [3.05, 3.63) is 108 Å². The molecular weight excluding hydrogens is 478 g/mol. The number of methoxy groups -OCH3 is 2. The van der Waals surface area contributed by atoms with E-state index in [0.29, 0.717) is 30.3 Å². The molecule has 38 heavy (non-hydrogen) atoms. The highest BCUT2D eigenvalue weighted by Gasteiger charge is 2.26. The summed E-state index contributed by atoms with van der Waals surface area (Å²) in [4.78, 5) is 11.4. The second-order valence-corrected chi connectivity index (χ2v) is 8.90. The molecule has 5 rings (SSSR count). The summed E-state index contributed by atoms with van der Waals surface area (Å²) in [7, 11) is 3.27. The minimum absolute atomic E-state index is 0.119. The van der Waals surface area contributed by atoms with Crippen LogP contribution in [0, 0.1) is 0 Å². The monoisotopic (exact) mass is 507 g/mol. The van der Waals surface area contributed by atoms with Gasteiger partial charge in [0.05, 0.1) is 19.8 Å². The zero-order valence-corrected chi connectivity index (χ0v) is 21.6. The van der Waals surface area contributed by atoms with Crippen LogP contribution < -0.4 is 24.3 Å². The average Bonchev–Trinajstić information content (AvgIpc) is 2.96. The standard InChI is InChI=1S/C32H29NO5/c1-21(34)33-25-13-9-24(10-14-25)31-30(36-3)19-29(35-2)27-17-18-28(38-32(27)31)23-11-15-26(16-12-23)37-20-22-7-5-4-6-8-22/h4-16,18-19H,17,20H2,1-3H3,(H,33,34). The van der Waals surface area contributed by atoms with E-state index in [-0.39, 0.29) is 5.91 Å². The van der Waals surface area contributed by atoms with E-state index in [1.54, 1.807) is 14.2 Å². The lowest BCUT2D eigenvalue weighted by molar-refractivity contribution is -0.114. The van der Waals surface area contributed by atoms with Gasteiger partial charge in [0.25, 0.3) is 0 Å². The highest BCUT2D eigenvalue weighted by molar-refractivity contribution is 5.90. The van der Waals surface area contributed by atoms with E-state index in [2.05, 4.69) is 11.4 Å². The van der Waals surface area contributed by atoms with Crippen molar-refractivity contribution in [3.8, 4) is 34.1 Å². The Kier molecular flexibility index (Phi) is 7.31. The van der Waals surface area contributed by atoms with Gasteiger partial charge in [0, 0.05) is 36.2 Å². The Balaban J connectivity index is 1.43. The molecule has 1 heterocycles. The Hall–Kier alpha value is -4.71. The summed E-state index contributed by atoms with van der Waals surface area (Å²) in [5.74, 6) is 3.45. The highest BCUT2D eigenvalue weighted by Crippen LogP contribution is 2.49. The van der Waals surface area contributed by atoms with Gasteiger partial charge in [0.1, 0.15) is 35.4 Å². The van der Waals surface area contributed by atoms with Crippen LogP contribution in [0.1, 0.15) is 23.6 Å². The summed E-state index contributed by atoms with van der Waals surface area (Å²) < 4.78 is 23.9. The van der Waals surface area contributed by atoms with Gasteiger partial charge in [-0.25, -0.2) is 0 Å². The molecule has 1 amide bonds. The maximum atomic E-state index is 11.4. The van der Waals surface area contributed by atoms with Crippen molar-refractivity contribution in [3.63, 3.8) is 0 Å². The Morgan fingerprint density at radius 3 is 2.21 bits per heavy atom. The van der Waals surface area contributed by atoms with Crippen LogP contribution in [0.4, 0.5) is 5.69 Å². The van der Waals surface area contributed by atoms with Crippen LogP contribution in [0.2, 0.25) is 0 Å². The van der Waals surface area contributed by atoms with Gasteiger partial charge in [-0.3, -0.25) is 4.79 Å². The number of ether oxygens (including phenoxy) is 4. The smallest absolute Gasteiger partial charge is 0.221 e. The number of fused-ring (bicyclic) bond motifs is 1. The van der Waals surface area contributed by atoms with Gasteiger partial charge in [-0.1, -0.05) is 42.5 Å². The van der Waals surface area contributed by atoms with Crippen molar-refractivity contribution < 1.29 is 23.7 Å². The molecule has 0 atom stereocenters. The first-order chi connectivity index (χ1) is 18.6. The van der Waals surface area contributed by atoms with E-state index in [4.69, 9.17) is 18.9 Å². The number of carbonyl (C=O) groups is 1. The van der Waals surface area contributed by atoms with E-state index < -0.39 is 0 Å². The van der Waals surface area contributed by atoms with Crippen molar-refractivity contribution >= 4 is 17.4 Å². The number of nitrogens with one attached hydrogen (secondary N) is 1. The van der Waals surface area contributed by atoms with E-state index in [1.165, 1.54) is 6.92 Å². The van der Waals surface area contributed by atoms with Crippen LogP contribution in [0.5, 0.6) is 23.0 Å². The Morgan fingerprint density at radius 2 is 1.55 bits per heavy atom. The molecule has 0 bridgehead atoms. The fourth-order valence-electron chi connectivity index (χ4n) is 4.48.